The van der Waals surface area contributed by atoms with Crippen molar-refractivity contribution in [3.8, 4) is 33.9 Å². The molecule has 4 aromatic carbocycles. The number of allylic oxidation sites excluding steroid dienone is 8. The summed E-state index contributed by atoms with van der Waals surface area (Å²) in [6.45, 7) is 0. The molecular weight excluding hydrogens is 502 g/mol. The Morgan fingerprint density at radius 2 is 1.41 bits per heavy atom. The summed E-state index contributed by atoms with van der Waals surface area (Å²) in [5.41, 5.74) is 8.14. The van der Waals surface area contributed by atoms with Gasteiger partial charge in [-0.15, -0.1) is 0 Å². The molecule has 4 heteroatoms. The van der Waals surface area contributed by atoms with E-state index in [1.54, 1.807) is 0 Å². The summed E-state index contributed by atoms with van der Waals surface area (Å²) in [5, 5.41) is 2.05. The van der Waals surface area contributed by atoms with Crippen molar-refractivity contribution in [1.29, 1.82) is 0 Å². The van der Waals surface area contributed by atoms with E-state index in [0.29, 0.717) is 23.4 Å². The summed E-state index contributed by atoms with van der Waals surface area (Å²) in [6, 6.07) is 33.0. The van der Waals surface area contributed by atoms with E-state index in [1.165, 1.54) is 5.57 Å². The summed E-state index contributed by atoms with van der Waals surface area (Å²) >= 11 is 0. The number of hydrogen-bond acceptors (Lipinski definition) is 4. The van der Waals surface area contributed by atoms with Gasteiger partial charge in [0.2, 0.25) is 0 Å². The summed E-state index contributed by atoms with van der Waals surface area (Å²) in [6.07, 6.45) is 14.0. The molecule has 1 atom stereocenters. The molecule has 2 aliphatic carbocycles. The van der Waals surface area contributed by atoms with Gasteiger partial charge in [-0.25, -0.2) is 15.0 Å². The highest BCUT2D eigenvalue weighted by atomic mass is 16.3. The van der Waals surface area contributed by atoms with Crippen molar-refractivity contribution in [2.45, 2.75) is 6.42 Å². The molecule has 41 heavy (non-hydrogen) atoms. The fraction of sp³-hybridized carbons (Fsp3) is 0.0541. The van der Waals surface area contributed by atoms with Gasteiger partial charge >= 0.3 is 0 Å². The van der Waals surface area contributed by atoms with Gasteiger partial charge in [0.05, 0.1) is 0 Å². The minimum Gasteiger partial charge on any atom is -0.456 e. The third-order valence-corrected chi connectivity index (χ3v) is 7.85. The lowest BCUT2D eigenvalue weighted by molar-refractivity contribution is 0.669. The molecule has 0 saturated heterocycles. The Balaban J connectivity index is 1.34. The minimum absolute atomic E-state index is 0.406. The lowest BCUT2D eigenvalue weighted by Crippen LogP contribution is -2.08. The average molecular weight is 528 g/mol. The van der Waals surface area contributed by atoms with Gasteiger partial charge in [0.25, 0.3) is 0 Å². The van der Waals surface area contributed by atoms with Gasteiger partial charge in [0.1, 0.15) is 11.2 Å². The van der Waals surface area contributed by atoms with Crippen LogP contribution in [0.3, 0.4) is 0 Å². The largest absolute Gasteiger partial charge is 0.456 e. The molecule has 0 radical (unpaired) electrons. The molecule has 4 nitrogen and oxygen atoms in total. The molecule has 0 spiro atoms. The van der Waals surface area contributed by atoms with E-state index in [9.17, 15) is 0 Å². The van der Waals surface area contributed by atoms with Crippen LogP contribution < -0.4 is 0 Å². The second kappa shape index (κ2) is 9.68. The molecule has 194 valence electrons. The van der Waals surface area contributed by atoms with Crippen molar-refractivity contribution in [3.05, 3.63) is 145 Å². The molecule has 2 heterocycles. The van der Waals surface area contributed by atoms with Crippen LogP contribution >= 0.6 is 0 Å². The topological polar surface area (TPSA) is 51.8 Å². The van der Waals surface area contributed by atoms with Crippen LogP contribution in [0.15, 0.2) is 144 Å². The Morgan fingerprint density at radius 3 is 2.27 bits per heavy atom. The molecular formula is C37H25N3O. The second-order valence-electron chi connectivity index (χ2n) is 10.4. The Kier molecular flexibility index (Phi) is 5.56. The van der Waals surface area contributed by atoms with E-state index in [4.69, 9.17) is 19.4 Å². The van der Waals surface area contributed by atoms with Crippen LogP contribution in [0.1, 0.15) is 12.2 Å². The third-order valence-electron chi connectivity index (χ3n) is 7.85. The molecule has 0 amide bonds. The van der Waals surface area contributed by atoms with Crippen molar-refractivity contribution >= 4 is 27.5 Å². The molecule has 0 bridgehead atoms. The number of nitrogens with zero attached hydrogens (tertiary/aromatic N) is 3. The average Bonchev–Trinajstić information content (AvgIpc) is 3.43. The van der Waals surface area contributed by atoms with E-state index in [2.05, 4.69) is 85.0 Å². The number of benzene rings is 4. The Labute approximate surface area is 237 Å². The highest BCUT2D eigenvalue weighted by Gasteiger charge is 2.21. The van der Waals surface area contributed by atoms with Crippen LogP contribution in [0.5, 0.6) is 0 Å². The van der Waals surface area contributed by atoms with E-state index in [1.807, 2.05) is 48.5 Å². The number of furan rings is 1. The molecule has 1 unspecified atom stereocenters. The van der Waals surface area contributed by atoms with E-state index < -0.39 is 0 Å². The number of fused-ring (bicyclic) bond motifs is 4. The first kappa shape index (κ1) is 23.5. The predicted molar refractivity (Wildman–Crippen MR) is 166 cm³/mol. The maximum Gasteiger partial charge on any atom is 0.164 e. The Hall–Kier alpha value is -5.35. The summed E-state index contributed by atoms with van der Waals surface area (Å²) in [7, 11) is 0. The zero-order chi connectivity index (χ0) is 27.2. The van der Waals surface area contributed by atoms with Crippen molar-refractivity contribution in [2.75, 3.05) is 0 Å². The molecule has 2 aromatic heterocycles. The lowest BCUT2D eigenvalue weighted by atomic mass is 9.85. The van der Waals surface area contributed by atoms with Gasteiger partial charge < -0.3 is 4.42 Å². The molecule has 6 aromatic rings. The van der Waals surface area contributed by atoms with Gasteiger partial charge in [-0.2, -0.15) is 0 Å². The molecule has 0 N–H and O–H groups in total. The Morgan fingerprint density at radius 1 is 0.634 bits per heavy atom. The number of rotatable bonds is 4. The number of hydrogen-bond donors (Lipinski definition) is 0. The van der Waals surface area contributed by atoms with Gasteiger partial charge in [0.15, 0.2) is 17.5 Å². The van der Waals surface area contributed by atoms with Crippen molar-refractivity contribution in [1.82, 2.24) is 15.0 Å². The third kappa shape index (κ3) is 4.21. The Bertz CT molecular complexity index is 2060. The van der Waals surface area contributed by atoms with E-state index in [-0.39, 0.29) is 0 Å². The first-order valence-corrected chi connectivity index (χ1v) is 13.9. The molecule has 0 saturated carbocycles. The molecule has 0 fully saturated rings. The monoisotopic (exact) mass is 527 g/mol. The molecule has 0 aliphatic heterocycles. The van der Waals surface area contributed by atoms with Gasteiger partial charge in [-0.3, -0.25) is 0 Å². The first-order chi connectivity index (χ1) is 20.3. The van der Waals surface area contributed by atoms with Crippen molar-refractivity contribution in [2.24, 2.45) is 5.92 Å². The van der Waals surface area contributed by atoms with Crippen molar-refractivity contribution < 1.29 is 4.42 Å². The van der Waals surface area contributed by atoms with Crippen molar-refractivity contribution in [3.63, 3.8) is 0 Å². The fourth-order valence-corrected chi connectivity index (χ4v) is 5.78. The van der Waals surface area contributed by atoms with E-state index in [0.717, 1.165) is 56.2 Å². The summed E-state index contributed by atoms with van der Waals surface area (Å²) in [4.78, 5) is 15.1. The smallest absolute Gasteiger partial charge is 0.164 e. The highest BCUT2D eigenvalue weighted by Crippen LogP contribution is 2.39. The quantitative estimate of drug-likeness (QED) is 0.229. The summed E-state index contributed by atoms with van der Waals surface area (Å²) in [5.74, 6) is 2.37. The van der Waals surface area contributed by atoms with Gasteiger partial charge in [-0.1, -0.05) is 109 Å². The zero-order valence-electron chi connectivity index (χ0n) is 22.2. The fourth-order valence-electron chi connectivity index (χ4n) is 5.78. The van der Waals surface area contributed by atoms with Crippen LogP contribution in [0, 0.1) is 5.92 Å². The standard InChI is InChI=1S/C37H25N3O/c1-3-10-24(11-4-1)28-20-21-32-31(23-28)34-30(16-9-17-33(34)41-32)37-39-35(26-13-5-2-6-14-26)38-36(40-37)29-19-18-25-12-7-8-15-27(25)22-29/h1-17,19-23,25H,18H2. The van der Waals surface area contributed by atoms with Crippen LogP contribution in [0.4, 0.5) is 0 Å². The SMILES string of the molecule is C1=CC2=CC(c3nc(-c4ccccc4)nc(-c4cccc5oc6ccc(-c7ccccc7)cc6c45)n3)=CCC2C=C1. The van der Waals surface area contributed by atoms with E-state index >= 15 is 0 Å². The predicted octanol–water partition coefficient (Wildman–Crippen LogP) is 9.23. The van der Waals surface area contributed by atoms with Gasteiger partial charge in [0, 0.05) is 33.4 Å². The van der Waals surface area contributed by atoms with Crippen LogP contribution in [-0.4, -0.2) is 15.0 Å². The van der Waals surface area contributed by atoms with Crippen LogP contribution in [-0.2, 0) is 0 Å². The molecule has 8 rings (SSSR count). The van der Waals surface area contributed by atoms with Crippen LogP contribution in [0.2, 0.25) is 0 Å². The second-order valence-corrected chi connectivity index (χ2v) is 10.4. The summed E-state index contributed by atoms with van der Waals surface area (Å²) < 4.78 is 6.32. The highest BCUT2D eigenvalue weighted by molar-refractivity contribution is 6.12. The zero-order valence-corrected chi connectivity index (χ0v) is 22.2. The van der Waals surface area contributed by atoms with Crippen LogP contribution in [0.25, 0.3) is 61.4 Å². The number of aromatic nitrogens is 3. The maximum absolute atomic E-state index is 6.32. The molecule has 2 aliphatic rings. The van der Waals surface area contributed by atoms with Gasteiger partial charge in [-0.05, 0) is 47.4 Å². The maximum atomic E-state index is 6.32. The lowest BCUT2D eigenvalue weighted by Gasteiger charge is -2.20. The first-order valence-electron chi connectivity index (χ1n) is 13.9. The minimum atomic E-state index is 0.406. The normalized spacial score (nSPS) is 16.0.